The maximum atomic E-state index is 11.9. The fraction of sp³-hybridized carbons (Fsp3) is 0.429. The minimum absolute atomic E-state index is 0.404. The molecular weight excluding hydrogens is 271 g/mol. The van der Waals surface area contributed by atoms with Crippen molar-refractivity contribution in [1.29, 1.82) is 0 Å². The highest BCUT2D eigenvalue weighted by molar-refractivity contribution is 6.64. The number of hydrogen-bond acceptors (Lipinski definition) is 4. The zero-order valence-electron chi connectivity index (χ0n) is 12.4. The van der Waals surface area contributed by atoms with Crippen molar-refractivity contribution in [2.75, 3.05) is 0 Å². The first-order valence-electron chi connectivity index (χ1n) is 6.82. The van der Waals surface area contributed by atoms with Crippen molar-refractivity contribution in [2.45, 2.75) is 38.9 Å². The van der Waals surface area contributed by atoms with Gasteiger partial charge in [0.05, 0.1) is 22.1 Å². The molecule has 0 amide bonds. The van der Waals surface area contributed by atoms with Gasteiger partial charge in [-0.25, -0.2) is 4.79 Å². The van der Waals surface area contributed by atoms with Crippen LogP contribution in [0.4, 0.5) is 0 Å². The van der Waals surface area contributed by atoms with E-state index in [1.807, 2.05) is 27.7 Å². The van der Waals surface area contributed by atoms with Gasteiger partial charge in [-0.15, -0.1) is 0 Å². The molecule has 1 aliphatic rings. The summed E-state index contributed by atoms with van der Waals surface area (Å²) >= 11 is 0. The van der Waals surface area contributed by atoms with Gasteiger partial charge in [0.15, 0.2) is 0 Å². The molecule has 3 rings (SSSR count). The Morgan fingerprint density at radius 2 is 1.62 bits per heavy atom. The SMILES string of the molecule is CC1(C)OB(c2cccc3c(=O)[nH]c(=O)[nH]c23)OC1(C)C. The lowest BCUT2D eigenvalue weighted by Gasteiger charge is -2.32. The van der Waals surface area contributed by atoms with E-state index >= 15 is 0 Å². The standard InChI is InChI=1S/C14H17BN2O4/c1-13(2)14(3,4)21-15(20-13)9-7-5-6-8-10(9)16-12(19)17-11(8)18/h5-7H,1-4H3,(H2,16,17,18,19). The lowest BCUT2D eigenvalue weighted by atomic mass is 9.78. The first-order chi connectivity index (χ1) is 9.71. The van der Waals surface area contributed by atoms with E-state index < -0.39 is 29.6 Å². The predicted molar refractivity (Wildman–Crippen MR) is 80.9 cm³/mol. The summed E-state index contributed by atoms with van der Waals surface area (Å²) in [7, 11) is -0.629. The summed E-state index contributed by atoms with van der Waals surface area (Å²) in [5.41, 5.74) is -0.842. The van der Waals surface area contributed by atoms with Gasteiger partial charge in [-0.1, -0.05) is 12.1 Å². The second-order valence-electron chi connectivity index (χ2n) is 6.27. The van der Waals surface area contributed by atoms with Crippen molar-refractivity contribution in [3.05, 3.63) is 39.0 Å². The average Bonchev–Trinajstić information content (AvgIpc) is 2.57. The topological polar surface area (TPSA) is 84.2 Å². The minimum atomic E-state index is -0.629. The molecule has 6 nitrogen and oxygen atoms in total. The number of benzene rings is 1. The van der Waals surface area contributed by atoms with Crippen LogP contribution in [0.2, 0.25) is 0 Å². The number of para-hydroxylation sites is 1. The van der Waals surface area contributed by atoms with Gasteiger partial charge < -0.3 is 14.3 Å². The van der Waals surface area contributed by atoms with Crippen LogP contribution in [-0.2, 0) is 9.31 Å². The molecule has 0 saturated carbocycles. The maximum Gasteiger partial charge on any atom is 0.497 e. The van der Waals surface area contributed by atoms with Gasteiger partial charge in [0, 0.05) is 5.46 Å². The van der Waals surface area contributed by atoms with Gasteiger partial charge in [-0.3, -0.25) is 9.78 Å². The van der Waals surface area contributed by atoms with Crippen molar-refractivity contribution in [1.82, 2.24) is 9.97 Å². The summed E-state index contributed by atoms with van der Waals surface area (Å²) in [4.78, 5) is 28.3. The first-order valence-corrected chi connectivity index (χ1v) is 6.82. The van der Waals surface area contributed by atoms with Gasteiger partial charge in [0.25, 0.3) is 5.56 Å². The highest BCUT2D eigenvalue weighted by Gasteiger charge is 2.52. The number of rotatable bonds is 1. The summed E-state index contributed by atoms with van der Waals surface area (Å²) in [6, 6.07) is 5.19. The largest absolute Gasteiger partial charge is 0.497 e. The Morgan fingerprint density at radius 1 is 1.00 bits per heavy atom. The van der Waals surface area contributed by atoms with Crippen LogP contribution in [0.5, 0.6) is 0 Å². The molecule has 1 saturated heterocycles. The van der Waals surface area contributed by atoms with Crippen molar-refractivity contribution >= 4 is 23.5 Å². The second-order valence-corrected chi connectivity index (χ2v) is 6.27. The molecule has 0 atom stereocenters. The van der Waals surface area contributed by atoms with Gasteiger partial charge in [0.2, 0.25) is 0 Å². The summed E-state index contributed by atoms with van der Waals surface area (Å²) in [6.45, 7) is 7.81. The number of nitrogens with one attached hydrogen (secondary N) is 2. The third-order valence-electron chi connectivity index (χ3n) is 4.31. The zero-order valence-corrected chi connectivity index (χ0v) is 12.4. The average molecular weight is 288 g/mol. The van der Waals surface area contributed by atoms with E-state index in [4.69, 9.17) is 9.31 Å². The molecule has 0 bridgehead atoms. The number of aromatic amines is 2. The fourth-order valence-corrected chi connectivity index (χ4v) is 2.38. The highest BCUT2D eigenvalue weighted by Crippen LogP contribution is 2.36. The van der Waals surface area contributed by atoms with E-state index in [0.29, 0.717) is 16.4 Å². The van der Waals surface area contributed by atoms with Crippen LogP contribution in [-0.4, -0.2) is 28.3 Å². The number of fused-ring (bicyclic) bond motifs is 1. The van der Waals surface area contributed by atoms with Crippen LogP contribution < -0.4 is 16.7 Å². The molecule has 0 radical (unpaired) electrons. The molecule has 2 N–H and O–H groups in total. The molecule has 7 heteroatoms. The minimum Gasteiger partial charge on any atom is -0.399 e. The lowest BCUT2D eigenvalue weighted by molar-refractivity contribution is 0.00578. The predicted octanol–water partition coefficient (Wildman–Crippen LogP) is 0.516. The zero-order chi connectivity index (χ0) is 15.4. The number of aromatic nitrogens is 2. The van der Waals surface area contributed by atoms with E-state index in [1.165, 1.54) is 0 Å². The van der Waals surface area contributed by atoms with Crippen LogP contribution in [0.25, 0.3) is 10.9 Å². The van der Waals surface area contributed by atoms with E-state index in [1.54, 1.807) is 18.2 Å². The lowest BCUT2D eigenvalue weighted by Crippen LogP contribution is -2.41. The quantitative estimate of drug-likeness (QED) is 0.749. The molecule has 2 heterocycles. The van der Waals surface area contributed by atoms with Crippen LogP contribution in [0.15, 0.2) is 27.8 Å². The third kappa shape index (κ3) is 2.13. The van der Waals surface area contributed by atoms with Crippen LogP contribution in [0, 0.1) is 0 Å². The second kappa shape index (κ2) is 4.32. The molecule has 110 valence electrons. The summed E-state index contributed by atoms with van der Waals surface area (Å²) < 4.78 is 12.0. The van der Waals surface area contributed by atoms with Crippen LogP contribution >= 0.6 is 0 Å². The van der Waals surface area contributed by atoms with Crippen molar-refractivity contribution in [3.63, 3.8) is 0 Å². The number of H-pyrrole nitrogens is 2. The molecule has 2 aromatic rings. The molecule has 0 unspecified atom stereocenters. The monoisotopic (exact) mass is 288 g/mol. The molecule has 1 aromatic carbocycles. The molecule has 0 spiro atoms. The molecule has 1 aromatic heterocycles. The Balaban J connectivity index is 2.19. The van der Waals surface area contributed by atoms with Gasteiger partial charge >= 0.3 is 12.8 Å². The van der Waals surface area contributed by atoms with Crippen molar-refractivity contribution < 1.29 is 9.31 Å². The van der Waals surface area contributed by atoms with Crippen LogP contribution in [0.1, 0.15) is 27.7 Å². The Morgan fingerprint density at radius 3 is 2.24 bits per heavy atom. The Bertz CT molecular complexity index is 806. The molecule has 0 aliphatic carbocycles. The van der Waals surface area contributed by atoms with Crippen molar-refractivity contribution in [2.24, 2.45) is 0 Å². The van der Waals surface area contributed by atoms with Gasteiger partial charge in [-0.2, -0.15) is 0 Å². The maximum absolute atomic E-state index is 11.9. The summed E-state index contributed by atoms with van der Waals surface area (Å²) in [5.74, 6) is 0. The van der Waals surface area contributed by atoms with Gasteiger partial charge in [-0.05, 0) is 33.8 Å². The molecule has 1 fully saturated rings. The Kier molecular flexibility index (Phi) is 2.90. The van der Waals surface area contributed by atoms with Gasteiger partial charge in [0.1, 0.15) is 0 Å². The molecular formula is C14H17BN2O4. The van der Waals surface area contributed by atoms with Crippen LogP contribution in [0.3, 0.4) is 0 Å². The highest BCUT2D eigenvalue weighted by atomic mass is 16.7. The van der Waals surface area contributed by atoms with Crippen molar-refractivity contribution in [3.8, 4) is 0 Å². The normalized spacial score (nSPS) is 20.1. The molecule has 1 aliphatic heterocycles. The Labute approximate surface area is 121 Å². The molecule has 21 heavy (non-hydrogen) atoms. The Hall–Kier alpha value is -1.86. The smallest absolute Gasteiger partial charge is 0.399 e. The third-order valence-corrected chi connectivity index (χ3v) is 4.31. The fourth-order valence-electron chi connectivity index (χ4n) is 2.38. The number of hydrogen-bond donors (Lipinski definition) is 2. The summed E-state index contributed by atoms with van der Waals surface area (Å²) in [5, 5.41) is 0.404. The van der Waals surface area contributed by atoms with E-state index in [2.05, 4.69) is 9.97 Å². The first kappa shape index (κ1) is 14.1. The van der Waals surface area contributed by atoms with E-state index in [-0.39, 0.29) is 0 Å². The summed E-state index contributed by atoms with van der Waals surface area (Å²) in [6.07, 6.45) is 0. The van der Waals surface area contributed by atoms with E-state index in [0.717, 1.165) is 0 Å². The van der Waals surface area contributed by atoms with E-state index in [9.17, 15) is 9.59 Å².